The van der Waals surface area contributed by atoms with E-state index in [0.717, 1.165) is 0 Å². The van der Waals surface area contributed by atoms with Gasteiger partial charge in [0, 0.05) is 6.07 Å². The van der Waals surface area contributed by atoms with Crippen LogP contribution < -0.4 is 10.5 Å². The summed E-state index contributed by atoms with van der Waals surface area (Å²) in [6.07, 6.45) is 0. The Kier molecular flexibility index (Phi) is 4.49. The number of nitrogens with zero attached hydrogens (tertiary/aromatic N) is 2. The van der Waals surface area contributed by atoms with Gasteiger partial charge in [-0.15, -0.1) is 11.6 Å². The second-order valence-corrected chi connectivity index (χ2v) is 6.11. The van der Waals surface area contributed by atoms with Crippen LogP contribution in [0.1, 0.15) is 5.76 Å². The number of nitrogens with two attached hydrogens (primary N) is 1. The van der Waals surface area contributed by atoms with E-state index in [-0.39, 0.29) is 22.4 Å². The lowest BCUT2D eigenvalue weighted by atomic mass is 10.3. The fourth-order valence-corrected chi connectivity index (χ4v) is 2.55. The molecule has 0 saturated heterocycles. The number of benzene rings is 1. The van der Waals surface area contributed by atoms with E-state index in [0.29, 0.717) is 11.4 Å². The lowest BCUT2D eigenvalue weighted by Gasteiger charge is -2.05. The number of aromatic nitrogens is 1. The average Bonchev–Trinajstić information content (AvgIpc) is 2.83. The number of halogens is 1. The highest BCUT2D eigenvalue weighted by molar-refractivity contribution is 7.92. The standard InChI is InChI=1S/C12H13ClN4O3S/c1-8-6-12(16-20-8)17-21(18,19)10-4-2-9(3-5-10)15-11(14)7-13/h2-6H,7H2,1H3,(H2,14,15)(H,16,17). The summed E-state index contributed by atoms with van der Waals surface area (Å²) in [5, 5.41) is 3.58. The molecule has 1 heterocycles. The maximum Gasteiger partial charge on any atom is 0.263 e. The van der Waals surface area contributed by atoms with Crippen LogP contribution >= 0.6 is 11.6 Å². The number of hydrogen-bond acceptors (Lipinski definition) is 5. The number of sulfonamides is 1. The van der Waals surface area contributed by atoms with Gasteiger partial charge in [0.2, 0.25) is 0 Å². The van der Waals surface area contributed by atoms with Crippen LogP contribution in [0.2, 0.25) is 0 Å². The predicted molar refractivity (Wildman–Crippen MR) is 80.5 cm³/mol. The molecule has 0 saturated carbocycles. The topological polar surface area (TPSA) is 111 Å². The van der Waals surface area contributed by atoms with Gasteiger partial charge in [0.15, 0.2) is 5.82 Å². The molecule has 0 fully saturated rings. The smallest absolute Gasteiger partial charge is 0.263 e. The summed E-state index contributed by atoms with van der Waals surface area (Å²) >= 11 is 5.52. The minimum atomic E-state index is -3.73. The van der Waals surface area contributed by atoms with Crippen molar-refractivity contribution < 1.29 is 12.9 Å². The van der Waals surface area contributed by atoms with Crippen LogP contribution in [0.15, 0.2) is 44.7 Å². The minimum absolute atomic E-state index is 0.0755. The predicted octanol–water partition coefficient (Wildman–Crippen LogP) is 2.01. The fraction of sp³-hybridized carbons (Fsp3) is 0.167. The van der Waals surface area contributed by atoms with Crippen molar-refractivity contribution in [1.29, 1.82) is 0 Å². The Labute approximate surface area is 126 Å². The van der Waals surface area contributed by atoms with E-state index in [1.54, 1.807) is 6.92 Å². The summed E-state index contributed by atoms with van der Waals surface area (Å²) in [6.45, 7) is 1.67. The van der Waals surface area contributed by atoms with Gasteiger partial charge in [-0.25, -0.2) is 13.4 Å². The van der Waals surface area contributed by atoms with Crippen molar-refractivity contribution in [3.8, 4) is 0 Å². The van der Waals surface area contributed by atoms with Gasteiger partial charge in [0.05, 0.1) is 16.5 Å². The fourth-order valence-electron chi connectivity index (χ4n) is 1.51. The zero-order chi connectivity index (χ0) is 15.5. The maximum atomic E-state index is 12.1. The van der Waals surface area contributed by atoms with Crippen LogP contribution in [-0.4, -0.2) is 25.3 Å². The first kappa shape index (κ1) is 15.3. The molecule has 2 aromatic rings. The lowest BCUT2D eigenvalue weighted by molar-refractivity contribution is 0.400. The molecule has 0 amide bonds. The van der Waals surface area contributed by atoms with Crippen LogP contribution in [-0.2, 0) is 10.0 Å². The molecule has 112 valence electrons. The molecule has 9 heteroatoms. The van der Waals surface area contributed by atoms with Crippen molar-refractivity contribution in [2.45, 2.75) is 11.8 Å². The molecule has 0 bridgehead atoms. The minimum Gasteiger partial charge on any atom is -0.386 e. The van der Waals surface area contributed by atoms with Crippen LogP contribution in [0, 0.1) is 6.92 Å². The highest BCUT2D eigenvalue weighted by Crippen LogP contribution is 2.19. The zero-order valence-corrected chi connectivity index (χ0v) is 12.6. The molecule has 2 rings (SSSR count). The first-order valence-electron chi connectivity index (χ1n) is 5.86. The molecule has 0 aliphatic carbocycles. The van der Waals surface area contributed by atoms with E-state index >= 15 is 0 Å². The van der Waals surface area contributed by atoms with Crippen LogP contribution in [0.3, 0.4) is 0 Å². The Morgan fingerprint density at radius 3 is 2.62 bits per heavy atom. The Hall–Kier alpha value is -2.06. The van der Waals surface area contributed by atoms with Crippen molar-refractivity contribution in [3.05, 3.63) is 36.1 Å². The van der Waals surface area contributed by atoms with E-state index in [1.807, 2.05) is 0 Å². The zero-order valence-electron chi connectivity index (χ0n) is 11.1. The quantitative estimate of drug-likeness (QED) is 0.495. The Bertz CT molecular complexity index is 753. The normalized spacial score (nSPS) is 12.4. The number of hydrogen-bond donors (Lipinski definition) is 2. The van der Waals surface area contributed by atoms with Crippen molar-refractivity contribution in [1.82, 2.24) is 5.16 Å². The van der Waals surface area contributed by atoms with Gasteiger partial charge in [0.1, 0.15) is 11.6 Å². The van der Waals surface area contributed by atoms with Gasteiger partial charge in [-0.2, -0.15) is 0 Å². The SMILES string of the molecule is Cc1cc(NS(=O)(=O)c2ccc(N=C(N)CCl)cc2)no1. The lowest BCUT2D eigenvalue weighted by Crippen LogP contribution is -2.13. The molecule has 21 heavy (non-hydrogen) atoms. The number of aliphatic imine (C=N–C) groups is 1. The third-order valence-corrected chi connectivity index (χ3v) is 4.07. The number of aryl methyl sites for hydroxylation is 1. The molecule has 7 nitrogen and oxygen atoms in total. The Morgan fingerprint density at radius 1 is 1.43 bits per heavy atom. The number of anilines is 1. The van der Waals surface area contributed by atoms with Gasteiger partial charge in [-0.05, 0) is 31.2 Å². The maximum absolute atomic E-state index is 12.1. The van der Waals surface area contributed by atoms with Crippen molar-refractivity contribution >= 4 is 39.0 Å². The molecular weight excluding hydrogens is 316 g/mol. The molecule has 0 aliphatic rings. The summed E-state index contributed by atoms with van der Waals surface area (Å²) in [4.78, 5) is 4.08. The average molecular weight is 329 g/mol. The largest absolute Gasteiger partial charge is 0.386 e. The number of alkyl halides is 1. The second-order valence-electron chi connectivity index (χ2n) is 4.16. The second kappa shape index (κ2) is 6.15. The monoisotopic (exact) mass is 328 g/mol. The third kappa shape index (κ3) is 3.96. The number of amidine groups is 1. The van der Waals surface area contributed by atoms with Crippen LogP contribution in [0.25, 0.3) is 0 Å². The molecule has 0 aliphatic heterocycles. The number of rotatable bonds is 5. The van der Waals surface area contributed by atoms with Gasteiger partial charge < -0.3 is 10.3 Å². The molecule has 1 aromatic carbocycles. The van der Waals surface area contributed by atoms with E-state index in [4.69, 9.17) is 21.9 Å². The Balaban J connectivity index is 2.21. The highest BCUT2D eigenvalue weighted by atomic mass is 35.5. The first-order valence-corrected chi connectivity index (χ1v) is 7.87. The van der Waals surface area contributed by atoms with Gasteiger partial charge in [-0.1, -0.05) is 5.16 Å². The van der Waals surface area contributed by atoms with Gasteiger partial charge in [-0.3, -0.25) is 4.72 Å². The van der Waals surface area contributed by atoms with E-state index in [2.05, 4.69) is 14.9 Å². The molecule has 1 aromatic heterocycles. The molecule has 0 radical (unpaired) electrons. The van der Waals surface area contributed by atoms with Crippen molar-refractivity contribution in [3.63, 3.8) is 0 Å². The van der Waals surface area contributed by atoms with E-state index in [9.17, 15) is 8.42 Å². The Morgan fingerprint density at radius 2 is 2.10 bits per heavy atom. The first-order chi connectivity index (χ1) is 9.90. The summed E-state index contributed by atoms with van der Waals surface area (Å²) in [5.41, 5.74) is 6.02. The highest BCUT2D eigenvalue weighted by Gasteiger charge is 2.16. The summed E-state index contributed by atoms with van der Waals surface area (Å²) in [5.74, 6) is 0.992. The number of nitrogens with one attached hydrogen (secondary N) is 1. The molecule has 0 unspecified atom stereocenters. The molecule has 0 atom stereocenters. The van der Waals surface area contributed by atoms with Crippen molar-refractivity contribution in [2.75, 3.05) is 10.6 Å². The van der Waals surface area contributed by atoms with Crippen molar-refractivity contribution in [2.24, 2.45) is 10.7 Å². The molecular formula is C12H13ClN4O3S. The third-order valence-electron chi connectivity index (χ3n) is 2.42. The van der Waals surface area contributed by atoms with Crippen LogP contribution in [0.5, 0.6) is 0 Å². The van der Waals surface area contributed by atoms with E-state index < -0.39 is 10.0 Å². The molecule has 3 N–H and O–H groups in total. The van der Waals surface area contributed by atoms with Gasteiger partial charge in [0.25, 0.3) is 10.0 Å². The summed E-state index contributed by atoms with van der Waals surface area (Å²) < 4.78 is 31.4. The van der Waals surface area contributed by atoms with Crippen LogP contribution in [0.4, 0.5) is 11.5 Å². The molecule has 0 spiro atoms. The summed E-state index contributed by atoms with van der Waals surface area (Å²) in [6, 6.07) is 7.37. The van der Waals surface area contributed by atoms with Gasteiger partial charge >= 0.3 is 0 Å². The van der Waals surface area contributed by atoms with E-state index in [1.165, 1.54) is 30.3 Å². The summed E-state index contributed by atoms with van der Waals surface area (Å²) in [7, 11) is -3.73.